The Bertz CT molecular complexity index is 908. The molecule has 26 heavy (non-hydrogen) atoms. The summed E-state index contributed by atoms with van der Waals surface area (Å²) in [5, 5.41) is 0. The van der Waals surface area contributed by atoms with E-state index in [4.69, 9.17) is 0 Å². The number of hydrogen-bond acceptors (Lipinski definition) is 3. The SMILES string of the molecule is CCc1ccc(NS(=O)(=O)c2cc(C(=O)N3CCCC3)n(C)c2C)cc1. The van der Waals surface area contributed by atoms with E-state index in [0.29, 0.717) is 17.1 Å². The number of nitrogens with one attached hydrogen (secondary N) is 1. The largest absolute Gasteiger partial charge is 0.343 e. The van der Waals surface area contributed by atoms with Gasteiger partial charge in [0.1, 0.15) is 10.6 Å². The average Bonchev–Trinajstić information content (AvgIpc) is 3.25. The van der Waals surface area contributed by atoms with Gasteiger partial charge in [0.2, 0.25) is 0 Å². The first kappa shape index (κ1) is 18.5. The van der Waals surface area contributed by atoms with E-state index < -0.39 is 10.0 Å². The number of benzene rings is 1. The molecule has 0 bridgehead atoms. The zero-order valence-corrected chi connectivity index (χ0v) is 16.3. The number of hydrogen-bond donors (Lipinski definition) is 1. The lowest BCUT2D eigenvalue weighted by atomic mass is 10.2. The van der Waals surface area contributed by atoms with Crippen molar-refractivity contribution in [2.24, 2.45) is 7.05 Å². The highest BCUT2D eigenvalue weighted by Crippen LogP contribution is 2.24. The number of rotatable bonds is 5. The fourth-order valence-corrected chi connectivity index (χ4v) is 4.60. The van der Waals surface area contributed by atoms with E-state index in [9.17, 15) is 13.2 Å². The third-order valence-electron chi connectivity index (χ3n) is 5.01. The van der Waals surface area contributed by atoms with Crippen LogP contribution in [0.25, 0.3) is 0 Å². The van der Waals surface area contributed by atoms with E-state index in [2.05, 4.69) is 4.72 Å². The van der Waals surface area contributed by atoms with Crippen molar-refractivity contribution < 1.29 is 13.2 Å². The van der Waals surface area contributed by atoms with Gasteiger partial charge in [-0.3, -0.25) is 9.52 Å². The molecule has 0 radical (unpaired) electrons. The van der Waals surface area contributed by atoms with Crippen molar-refractivity contribution in [3.63, 3.8) is 0 Å². The molecule has 1 N–H and O–H groups in total. The topological polar surface area (TPSA) is 71.4 Å². The van der Waals surface area contributed by atoms with E-state index >= 15 is 0 Å². The maximum atomic E-state index is 12.8. The Morgan fingerprint density at radius 1 is 1.15 bits per heavy atom. The number of carbonyl (C=O) groups excluding carboxylic acids is 1. The monoisotopic (exact) mass is 375 g/mol. The van der Waals surface area contributed by atoms with Crippen LogP contribution in [0, 0.1) is 6.92 Å². The van der Waals surface area contributed by atoms with Crippen LogP contribution in [0.15, 0.2) is 35.2 Å². The molecule has 1 fully saturated rings. The van der Waals surface area contributed by atoms with Crippen molar-refractivity contribution in [3.8, 4) is 0 Å². The molecule has 6 nitrogen and oxygen atoms in total. The minimum absolute atomic E-state index is 0.109. The maximum absolute atomic E-state index is 12.8. The van der Waals surface area contributed by atoms with Crippen molar-refractivity contribution >= 4 is 21.6 Å². The number of carbonyl (C=O) groups is 1. The molecule has 1 saturated heterocycles. The summed E-state index contributed by atoms with van der Waals surface area (Å²) in [5.41, 5.74) is 2.61. The lowest BCUT2D eigenvalue weighted by Gasteiger charge is -2.15. The number of sulfonamides is 1. The number of anilines is 1. The molecule has 1 aromatic heterocycles. The Morgan fingerprint density at radius 3 is 2.35 bits per heavy atom. The fraction of sp³-hybridized carbons (Fsp3) is 0.421. The van der Waals surface area contributed by atoms with E-state index in [-0.39, 0.29) is 10.8 Å². The predicted molar refractivity (Wildman–Crippen MR) is 102 cm³/mol. The van der Waals surface area contributed by atoms with Crippen molar-refractivity contribution in [1.82, 2.24) is 9.47 Å². The third kappa shape index (κ3) is 3.49. The molecule has 1 aliphatic heterocycles. The summed E-state index contributed by atoms with van der Waals surface area (Å²) in [7, 11) is -2.03. The zero-order valence-electron chi connectivity index (χ0n) is 15.4. The Labute approximate surface area is 154 Å². The summed E-state index contributed by atoms with van der Waals surface area (Å²) >= 11 is 0. The number of aryl methyl sites for hydroxylation is 1. The Hall–Kier alpha value is -2.28. The highest BCUT2D eigenvalue weighted by atomic mass is 32.2. The standard InChI is InChI=1S/C19H25N3O3S/c1-4-15-7-9-16(10-8-15)20-26(24,25)18-13-17(21(3)14(18)2)19(23)22-11-5-6-12-22/h7-10,13,20H,4-6,11-12H2,1-3H3. The van der Waals surface area contributed by atoms with Gasteiger partial charge in [0.25, 0.3) is 15.9 Å². The predicted octanol–water partition coefficient (Wildman–Crippen LogP) is 2.93. The van der Waals surface area contributed by atoms with Crippen LogP contribution in [-0.2, 0) is 23.5 Å². The summed E-state index contributed by atoms with van der Waals surface area (Å²) in [4.78, 5) is 14.6. The second-order valence-electron chi connectivity index (χ2n) is 6.69. The molecule has 0 aliphatic carbocycles. The minimum atomic E-state index is -3.76. The summed E-state index contributed by atoms with van der Waals surface area (Å²) in [5.74, 6) is -0.109. The van der Waals surface area contributed by atoms with Crippen molar-refractivity contribution in [2.45, 2.75) is 38.0 Å². The highest BCUT2D eigenvalue weighted by Gasteiger charge is 2.27. The quantitative estimate of drug-likeness (QED) is 0.873. The summed E-state index contributed by atoms with van der Waals surface area (Å²) in [6, 6.07) is 8.80. The molecule has 1 aliphatic rings. The van der Waals surface area contributed by atoms with Crippen molar-refractivity contribution in [2.75, 3.05) is 17.8 Å². The maximum Gasteiger partial charge on any atom is 0.270 e. The van der Waals surface area contributed by atoms with E-state index in [0.717, 1.165) is 37.9 Å². The van der Waals surface area contributed by atoms with Gasteiger partial charge in [0, 0.05) is 31.5 Å². The third-order valence-corrected chi connectivity index (χ3v) is 6.50. The van der Waals surface area contributed by atoms with Gasteiger partial charge in [-0.2, -0.15) is 0 Å². The normalized spacial score (nSPS) is 14.7. The van der Waals surface area contributed by atoms with Crippen molar-refractivity contribution in [3.05, 3.63) is 47.3 Å². The van der Waals surface area contributed by atoms with Crippen LogP contribution in [-0.4, -0.2) is 36.9 Å². The van der Waals surface area contributed by atoms with Crippen LogP contribution in [0.1, 0.15) is 41.5 Å². The van der Waals surface area contributed by atoms with Gasteiger partial charge >= 0.3 is 0 Å². The molecule has 0 spiro atoms. The first-order valence-electron chi connectivity index (χ1n) is 8.91. The van der Waals surface area contributed by atoms with E-state index in [1.165, 1.54) is 6.07 Å². The van der Waals surface area contributed by atoms with Gasteiger partial charge in [0.15, 0.2) is 0 Å². The Kier molecular flexibility index (Phi) is 5.09. The molecule has 140 valence electrons. The molecule has 0 saturated carbocycles. The van der Waals surface area contributed by atoms with Gasteiger partial charge in [-0.15, -0.1) is 0 Å². The molecular weight excluding hydrogens is 350 g/mol. The average molecular weight is 375 g/mol. The second kappa shape index (κ2) is 7.15. The summed E-state index contributed by atoms with van der Waals surface area (Å²) in [6.45, 7) is 5.22. The summed E-state index contributed by atoms with van der Waals surface area (Å²) < 4.78 is 29.9. The molecule has 3 rings (SSSR count). The molecule has 0 atom stereocenters. The second-order valence-corrected chi connectivity index (χ2v) is 8.34. The van der Waals surface area contributed by atoms with Crippen LogP contribution in [0.2, 0.25) is 0 Å². The zero-order chi connectivity index (χ0) is 18.9. The molecular formula is C19H25N3O3S. The highest BCUT2D eigenvalue weighted by molar-refractivity contribution is 7.92. The van der Waals surface area contributed by atoms with Crippen LogP contribution >= 0.6 is 0 Å². The van der Waals surface area contributed by atoms with E-state index in [1.54, 1.807) is 35.6 Å². The molecule has 1 amide bonds. The molecule has 2 heterocycles. The Morgan fingerprint density at radius 2 is 1.77 bits per heavy atom. The van der Waals surface area contributed by atoms with Crippen LogP contribution < -0.4 is 4.72 Å². The Balaban J connectivity index is 1.89. The minimum Gasteiger partial charge on any atom is -0.343 e. The fourth-order valence-electron chi connectivity index (χ4n) is 3.25. The molecule has 7 heteroatoms. The number of amides is 1. The molecule has 2 aromatic rings. The number of aromatic nitrogens is 1. The number of likely N-dealkylation sites (tertiary alicyclic amines) is 1. The number of nitrogens with zero attached hydrogens (tertiary/aromatic N) is 2. The van der Waals surface area contributed by atoms with Gasteiger partial charge in [0.05, 0.1) is 0 Å². The van der Waals surface area contributed by atoms with Crippen LogP contribution in [0.4, 0.5) is 5.69 Å². The smallest absolute Gasteiger partial charge is 0.270 e. The lowest BCUT2D eigenvalue weighted by Crippen LogP contribution is -2.29. The summed E-state index contributed by atoms with van der Waals surface area (Å²) in [6.07, 6.45) is 2.89. The van der Waals surface area contributed by atoms with Crippen LogP contribution in [0.3, 0.4) is 0 Å². The van der Waals surface area contributed by atoms with E-state index in [1.807, 2.05) is 19.1 Å². The van der Waals surface area contributed by atoms with Gasteiger partial charge in [-0.05, 0) is 49.9 Å². The lowest BCUT2D eigenvalue weighted by molar-refractivity contribution is 0.0783. The molecule has 1 aromatic carbocycles. The first-order chi connectivity index (χ1) is 12.3. The van der Waals surface area contributed by atoms with Gasteiger partial charge in [-0.1, -0.05) is 19.1 Å². The van der Waals surface area contributed by atoms with Crippen molar-refractivity contribution in [1.29, 1.82) is 0 Å². The molecule has 0 unspecified atom stereocenters. The first-order valence-corrected chi connectivity index (χ1v) is 10.4. The van der Waals surface area contributed by atoms with Gasteiger partial charge in [-0.25, -0.2) is 8.42 Å². The van der Waals surface area contributed by atoms with Crippen LogP contribution in [0.5, 0.6) is 0 Å². The van der Waals surface area contributed by atoms with Gasteiger partial charge < -0.3 is 9.47 Å².